The molecule has 2 aromatic rings. The molecule has 0 aliphatic heterocycles. The molecule has 0 amide bonds. The highest BCUT2D eigenvalue weighted by Gasteiger charge is 2.06. The first-order chi connectivity index (χ1) is 8.56. The van der Waals surface area contributed by atoms with Crippen molar-refractivity contribution in [3.05, 3.63) is 46.8 Å². The highest BCUT2D eigenvalue weighted by atomic mass is 35.5. The van der Waals surface area contributed by atoms with Gasteiger partial charge in [-0.1, -0.05) is 6.07 Å². The lowest BCUT2D eigenvalue weighted by Crippen LogP contribution is -2.06. The van der Waals surface area contributed by atoms with Crippen LogP contribution < -0.4 is 10.4 Å². The van der Waals surface area contributed by atoms with Crippen LogP contribution >= 0.6 is 11.6 Å². The van der Waals surface area contributed by atoms with Gasteiger partial charge in [0.05, 0.1) is 6.20 Å². The number of rotatable bonds is 3. The summed E-state index contributed by atoms with van der Waals surface area (Å²) < 4.78 is 13.4. The van der Waals surface area contributed by atoms with Crippen LogP contribution in [0.4, 0.5) is 21.6 Å². The average Bonchev–Trinajstić information content (AvgIpc) is 2.34. The Balaban J connectivity index is 2.28. The van der Waals surface area contributed by atoms with Crippen molar-refractivity contribution in [1.29, 1.82) is 0 Å². The Labute approximate surface area is 108 Å². The molecule has 5 nitrogen and oxygen atoms in total. The van der Waals surface area contributed by atoms with Gasteiger partial charge in [0, 0.05) is 11.4 Å². The Morgan fingerprint density at radius 3 is 2.94 bits per heavy atom. The first-order valence-corrected chi connectivity index (χ1v) is 5.40. The van der Waals surface area contributed by atoms with Gasteiger partial charge in [-0.05, 0) is 36.8 Å². The van der Waals surface area contributed by atoms with E-state index in [9.17, 15) is 9.60 Å². The Morgan fingerprint density at radius 2 is 2.22 bits per heavy atom. The zero-order valence-electron chi connectivity index (χ0n) is 9.39. The Kier molecular flexibility index (Phi) is 3.59. The molecule has 1 aromatic heterocycles. The van der Waals surface area contributed by atoms with E-state index in [-0.39, 0.29) is 11.1 Å². The molecule has 0 atom stereocenters. The van der Waals surface area contributed by atoms with Gasteiger partial charge >= 0.3 is 0 Å². The predicted molar refractivity (Wildman–Crippen MR) is 68.5 cm³/mol. The van der Waals surface area contributed by atoms with Gasteiger partial charge in [0.15, 0.2) is 11.6 Å². The molecule has 94 valence electrons. The van der Waals surface area contributed by atoms with Gasteiger partial charge in [0.2, 0.25) is 5.28 Å². The van der Waals surface area contributed by atoms with Crippen molar-refractivity contribution >= 4 is 28.8 Å². The van der Waals surface area contributed by atoms with Crippen molar-refractivity contribution in [2.45, 2.75) is 0 Å². The summed E-state index contributed by atoms with van der Waals surface area (Å²) in [6, 6.07) is 6.57. The molecule has 18 heavy (non-hydrogen) atoms. The minimum Gasteiger partial charge on any atom is -0.758 e. The number of aromatic nitrogens is 2. The topological polar surface area (TPSA) is 64.1 Å². The van der Waals surface area contributed by atoms with Crippen LogP contribution in [0.15, 0.2) is 30.5 Å². The Morgan fingerprint density at radius 1 is 1.44 bits per heavy atom. The van der Waals surface area contributed by atoms with Crippen molar-refractivity contribution in [3.8, 4) is 0 Å². The highest BCUT2D eigenvalue weighted by Crippen LogP contribution is 2.22. The Bertz CT molecular complexity index is 564. The molecule has 2 rings (SSSR count). The minimum absolute atomic E-state index is 0.0410. The maximum absolute atomic E-state index is 13.4. The molecule has 0 aliphatic carbocycles. The van der Waals surface area contributed by atoms with Gasteiger partial charge in [-0.25, -0.2) is 9.37 Å². The molecular formula is C11H9ClFN4O-. The van der Waals surface area contributed by atoms with Crippen LogP contribution in [0, 0.1) is 11.0 Å². The number of benzene rings is 1. The zero-order chi connectivity index (χ0) is 13.1. The highest BCUT2D eigenvalue weighted by molar-refractivity contribution is 6.28. The van der Waals surface area contributed by atoms with E-state index in [1.54, 1.807) is 24.3 Å². The molecule has 0 saturated heterocycles. The van der Waals surface area contributed by atoms with Crippen molar-refractivity contribution in [2.75, 3.05) is 17.4 Å². The van der Waals surface area contributed by atoms with Crippen LogP contribution in [0.1, 0.15) is 0 Å². The normalized spacial score (nSPS) is 10.2. The van der Waals surface area contributed by atoms with Crippen molar-refractivity contribution in [3.63, 3.8) is 0 Å². The molecule has 0 unspecified atom stereocenters. The average molecular weight is 268 g/mol. The summed E-state index contributed by atoms with van der Waals surface area (Å²) in [4.78, 5) is 7.23. The monoisotopic (exact) mass is 267 g/mol. The number of nitrogens with zero attached hydrogens (tertiary/aromatic N) is 3. The van der Waals surface area contributed by atoms with Gasteiger partial charge < -0.3 is 15.6 Å². The minimum atomic E-state index is -0.625. The van der Waals surface area contributed by atoms with Gasteiger partial charge in [0.25, 0.3) is 0 Å². The number of halogens is 2. The summed E-state index contributed by atoms with van der Waals surface area (Å²) in [6.45, 7) is 0. The molecule has 0 aliphatic rings. The summed E-state index contributed by atoms with van der Waals surface area (Å²) in [5.41, 5.74) is 0.976. The predicted octanol–water partition coefficient (Wildman–Crippen LogP) is 2.95. The number of anilines is 3. The second-order valence-corrected chi connectivity index (χ2v) is 3.85. The molecular weight excluding hydrogens is 259 g/mol. The molecule has 1 aromatic carbocycles. The van der Waals surface area contributed by atoms with E-state index < -0.39 is 5.82 Å². The summed E-state index contributed by atoms with van der Waals surface area (Å²) in [7, 11) is 1.38. The summed E-state index contributed by atoms with van der Waals surface area (Å²) in [5.74, 6) is -0.666. The van der Waals surface area contributed by atoms with E-state index in [0.717, 1.165) is 6.20 Å². The van der Waals surface area contributed by atoms with E-state index in [0.29, 0.717) is 16.4 Å². The number of hydroxylamine groups is 1. The molecule has 0 bridgehead atoms. The van der Waals surface area contributed by atoms with E-state index >= 15 is 0 Å². The van der Waals surface area contributed by atoms with Crippen LogP contribution in [0.2, 0.25) is 5.28 Å². The third-order valence-electron chi connectivity index (χ3n) is 2.19. The maximum atomic E-state index is 13.4. The molecule has 1 N–H and O–H groups in total. The second kappa shape index (κ2) is 5.16. The lowest BCUT2D eigenvalue weighted by Gasteiger charge is -2.25. The first kappa shape index (κ1) is 12.5. The molecule has 0 radical (unpaired) electrons. The number of hydrogen-bond acceptors (Lipinski definition) is 5. The lowest BCUT2D eigenvalue weighted by molar-refractivity contribution is 0.619. The number of hydrogen-bond donors (Lipinski definition) is 1. The molecule has 0 spiro atoms. The number of nitrogens with one attached hydrogen (secondary N) is 1. The standard InChI is InChI=1S/C11H9ClFN4O/c1-17(18)8-4-2-3-7(5-8)15-10-9(13)6-14-11(12)16-10/h2-6H,1H3,(H,14,15,16)/q-1. The van der Waals surface area contributed by atoms with Gasteiger partial charge in [0.1, 0.15) is 0 Å². The lowest BCUT2D eigenvalue weighted by atomic mass is 10.2. The molecule has 0 fully saturated rings. The fourth-order valence-electron chi connectivity index (χ4n) is 1.35. The summed E-state index contributed by atoms with van der Waals surface area (Å²) >= 11 is 5.58. The van der Waals surface area contributed by atoms with E-state index in [4.69, 9.17) is 11.6 Å². The van der Waals surface area contributed by atoms with Crippen LogP contribution in [0.25, 0.3) is 0 Å². The van der Waals surface area contributed by atoms with Crippen molar-refractivity contribution < 1.29 is 4.39 Å². The molecule has 1 heterocycles. The van der Waals surface area contributed by atoms with Crippen LogP contribution in [0.3, 0.4) is 0 Å². The SMILES string of the molecule is CN([O-])c1cccc(Nc2nc(Cl)ncc2F)c1. The fourth-order valence-corrected chi connectivity index (χ4v) is 1.48. The largest absolute Gasteiger partial charge is 0.758 e. The van der Waals surface area contributed by atoms with E-state index in [1.807, 2.05) is 0 Å². The quantitative estimate of drug-likeness (QED) is 0.684. The summed E-state index contributed by atoms with van der Waals surface area (Å²) in [6.07, 6.45) is 0.973. The van der Waals surface area contributed by atoms with Crippen LogP contribution in [0.5, 0.6) is 0 Å². The third kappa shape index (κ3) is 2.85. The van der Waals surface area contributed by atoms with Crippen LogP contribution in [-0.2, 0) is 0 Å². The van der Waals surface area contributed by atoms with Crippen LogP contribution in [-0.4, -0.2) is 17.0 Å². The molecule has 0 saturated carbocycles. The molecule has 7 heteroatoms. The van der Waals surface area contributed by atoms with Gasteiger partial charge in [-0.15, -0.1) is 0 Å². The van der Waals surface area contributed by atoms with Gasteiger partial charge in [-0.3, -0.25) is 0 Å². The van der Waals surface area contributed by atoms with E-state index in [2.05, 4.69) is 15.3 Å². The first-order valence-electron chi connectivity index (χ1n) is 5.02. The maximum Gasteiger partial charge on any atom is 0.224 e. The zero-order valence-corrected chi connectivity index (χ0v) is 10.1. The second-order valence-electron chi connectivity index (χ2n) is 3.51. The van der Waals surface area contributed by atoms with Crippen molar-refractivity contribution in [1.82, 2.24) is 9.97 Å². The van der Waals surface area contributed by atoms with Crippen molar-refractivity contribution in [2.24, 2.45) is 0 Å². The van der Waals surface area contributed by atoms with E-state index in [1.165, 1.54) is 7.05 Å². The third-order valence-corrected chi connectivity index (χ3v) is 2.37. The smallest absolute Gasteiger partial charge is 0.224 e. The fraction of sp³-hybridized carbons (Fsp3) is 0.0909. The van der Waals surface area contributed by atoms with Gasteiger partial charge in [-0.2, -0.15) is 4.98 Å². The summed E-state index contributed by atoms with van der Waals surface area (Å²) in [5, 5.41) is 14.5. The Hall–Kier alpha value is -1.92.